The molecule has 0 fully saturated rings. The second-order valence-corrected chi connectivity index (χ2v) is 6.03. The summed E-state index contributed by atoms with van der Waals surface area (Å²) < 4.78 is 44.6. The average molecular weight is 391 g/mol. The largest absolute Gasteiger partial charge is 0.416 e. The smallest absolute Gasteiger partial charge is 0.409 e. The van der Waals surface area contributed by atoms with E-state index in [0.717, 1.165) is 23.9 Å². The van der Waals surface area contributed by atoms with Crippen molar-refractivity contribution in [3.05, 3.63) is 71.3 Å². The summed E-state index contributed by atoms with van der Waals surface area (Å²) in [4.78, 5) is 15.6. The molecule has 10 heteroatoms. The number of carbonyl (C=O) groups is 1. The van der Waals surface area contributed by atoms with E-state index in [-0.39, 0.29) is 17.7 Å². The van der Waals surface area contributed by atoms with Gasteiger partial charge in [-0.05, 0) is 22.4 Å². The number of halogens is 3. The Hall–Kier alpha value is -3.43. The van der Waals surface area contributed by atoms with Crippen molar-refractivity contribution in [2.24, 2.45) is 0 Å². The molecule has 3 rings (SSSR count). The van der Waals surface area contributed by atoms with Crippen molar-refractivity contribution in [2.75, 3.05) is 5.32 Å². The van der Waals surface area contributed by atoms with Crippen LogP contribution in [0.5, 0.6) is 0 Å². The van der Waals surface area contributed by atoms with Gasteiger partial charge in [0.05, 0.1) is 11.4 Å². The zero-order valence-corrected chi connectivity index (χ0v) is 14.7. The van der Waals surface area contributed by atoms with E-state index >= 15 is 0 Å². The number of carbonyl (C=O) groups excluding carboxylic acids is 1. The maximum Gasteiger partial charge on any atom is 0.416 e. The van der Waals surface area contributed by atoms with Crippen molar-refractivity contribution in [1.29, 1.82) is 0 Å². The average Bonchev–Trinajstić information content (AvgIpc) is 3.10. The summed E-state index contributed by atoms with van der Waals surface area (Å²) in [6.07, 6.45) is -1.46. The summed E-state index contributed by atoms with van der Waals surface area (Å²) in [7, 11) is 0. The molecule has 1 unspecified atom stereocenters. The summed E-state index contributed by atoms with van der Waals surface area (Å²) >= 11 is 0. The van der Waals surface area contributed by atoms with Gasteiger partial charge in [-0.2, -0.15) is 13.2 Å². The van der Waals surface area contributed by atoms with Crippen LogP contribution >= 0.6 is 0 Å². The molecule has 0 saturated heterocycles. The highest BCUT2D eigenvalue weighted by molar-refractivity contribution is 6.02. The fraction of sp³-hybridized carbons (Fsp3) is 0.222. The van der Waals surface area contributed by atoms with E-state index in [2.05, 4.69) is 20.9 Å². The number of hydrogen-bond donors (Lipinski definition) is 1. The van der Waals surface area contributed by atoms with Gasteiger partial charge < -0.3 is 15.2 Å². The molecule has 2 amide bonds. The molecule has 1 N–H and O–H groups in total. The van der Waals surface area contributed by atoms with Crippen LogP contribution in [0.25, 0.3) is 5.32 Å². The predicted molar refractivity (Wildman–Crippen MR) is 92.8 cm³/mol. The van der Waals surface area contributed by atoms with Gasteiger partial charge in [0.25, 0.3) is 0 Å². The van der Waals surface area contributed by atoms with E-state index in [4.69, 9.17) is 4.52 Å². The highest BCUT2D eigenvalue weighted by Crippen LogP contribution is 2.30. The number of nitrogens with zero attached hydrogens (tertiary/aromatic N) is 4. The first-order chi connectivity index (χ1) is 13.3. The lowest BCUT2D eigenvalue weighted by molar-refractivity contribution is -0.782. The van der Waals surface area contributed by atoms with Crippen LogP contribution in [0.1, 0.15) is 24.1 Å². The van der Waals surface area contributed by atoms with Gasteiger partial charge in [0.2, 0.25) is 12.1 Å². The highest BCUT2D eigenvalue weighted by atomic mass is 19.4. The Bertz CT molecular complexity index is 944. The molecule has 0 bridgehead atoms. The van der Waals surface area contributed by atoms with Gasteiger partial charge in [0.15, 0.2) is 17.3 Å². The molecule has 146 valence electrons. The third-order valence-corrected chi connectivity index (χ3v) is 3.83. The molecule has 3 aromatic rings. The minimum atomic E-state index is -4.54. The SMILES string of the molecule is CC(Cc1ccccc1)[n+]1cc([N-]C(=O)Nc2cc(C(F)(F)F)ccn2)on1. The lowest BCUT2D eigenvalue weighted by Gasteiger charge is -2.14. The van der Waals surface area contributed by atoms with Crippen molar-refractivity contribution in [3.8, 4) is 0 Å². The normalized spacial score (nSPS) is 12.4. The van der Waals surface area contributed by atoms with Crippen molar-refractivity contribution in [3.63, 3.8) is 0 Å². The topological polar surface area (TPSA) is 86.0 Å². The fourth-order valence-corrected chi connectivity index (χ4v) is 2.47. The Kier molecular flexibility index (Phi) is 5.57. The summed E-state index contributed by atoms with van der Waals surface area (Å²) in [6.45, 7) is 1.92. The number of hydrogen-bond acceptors (Lipinski definition) is 4. The Labute approximate surface area is 158 Å². The van der Waals surface area contributed by atoms with Gasteiger partial charge in [0.1, 0.15) is 0 Å². The molecule has 1 aromatic carbocycles. The molecule has 0 saturated carbocycles. The van der Waals surface area contributed by atoms with Crippen molar-refractivity contribution < 1.29 is 27.2 Å². The van der Waals surface area contributed by atoms with Gasteiger partial charge in [-0.3, -0.25) is 9.78 Å². The van der Waals surface area contributed by atoms with E-state index in [0.29, 0.717) is 6.42 Å². The molecule has 0 aliphatic carbocycles. The molecule has 2 heterocycles. The lowest BCUT2D eigenvalue weighted by Crippen LogP contribution is -2.39. The van der Waals surface area contributed by atoms with Crippen LogP contribution in [0.2, 0.25) is 0 Å². The molecule has 28 heavy (non-hydrogen) atoms. The predicted octanol–water partition coefficient (Wildman–Crippen LogP) is 4.42. The molecular weight excluding hydrogens is 375 g/mol. The molecule has 2 aromatic heterocycles. The van der Waals surface area contributed by atoms with E-state index in [1.54, 1.807) is 0 Å². The van der Waals surface area contributed by atoms with Gasteiger partial charge in [-0.15, -0.1) is 0 Å². The molecule has 1 atom stereocenters. The zero-order chi connectivity index (χ0) is 20.1. The van der Waals surface area contributed by atoms with Crippen LogP contribution in [0, 0.1) is 0 Å². The summed E-state index contributed by atoms with van der Waals surface area (Å²) in [5, 5.41) is 9.62. The molecular formula is C18H16F3N5O2. The van der Waals surface area contributed by atoms with Crippen LogP contribution in [0.15, 0.2) is 59.4 Å². The van der Waals surface area contributed by atoms with Gasteiger partial charge in [-0.25, -0.2) is 0 Å². The Balaban J connectivity index is 1.59. The monoisotopic (exact) mass is 391 g/mol. The Morgan fingerprint density at radius 2 is 2.04 bits per heavy atom. The van der Waals surface area contributed by atoms with Crippen molar-refractivity contribution in [2.45, 2.75) is 25.6 Å². The molecule has 7 nitrogen and oxygen atoms in total. The van der Waals surface area contributed by atoms with Crippen LogP contribution in [0.3, 0.4) is 0 Å². The molecule has 0 radical (unpaired) electrons. The Morgan fingerprint density at radius 3 is 2.75 bits per heavy atom. The zero-order valence-electron chi connectivity index (χ0n) is 14.7. The number of rotatable bonds is 5. The van der Waals surface area contributed by atoms with E-state index in [1.165, 1.54) is 10.9 Å². The minimum Gasteiger partial charge on any atom is -0.409 e. The number of pyridine rings is 1. The number of anilines is 1. The van der Waals surface area contributed by atoms with Crippen LogP contribution in [-0.2, 0) is 12.6 Å². The number of amides is 2. The van der Waals surface area contributed by atoms with Crippen molar-refractivity contribution in [1.82, 2.24) is 10.3 Å². The standard InChI is InChI=1S/C18H16F3N5O2/c1-12(9-13-5-3-2-4-6-13)26-11-16(28-25-26)24-17(27)23-15-10-14(7-8-22-15)18(19,20)21/h2-8,10-12H,9H2,1H3,(H-,22,23,24,25,27). The molecule has 0 aliphatic heterocycles. The van der Waals surface area contributed by atoms with Crippen LogP contribution < -0.4 is 10.00 Å². The van der Waals surface area contributed by atoms with Gasteiger partial charge in [-0.1, -0.05) is 30.3 Å². The summed E-state index contributed by atoms with van der Waals surface area (Å²) in [6, 6.07) is 10.3. The molecule has 0 aliphatic rings. The number of benzene rings is 1. The first-order valence-corrected chi connectivity index (χ1v) is 8.29. The highest BCUT2D eigenvalue weighted by Gasteiger charge is 2.30. The first kappa shape index (κ1) is 19.3. The maximum absolute atomic E-state index is 12.7. The van der Waals surface area contributed by atoms with E-state index < -0.39 is 17.8 Å². The first-order valence-electron chi connectivity index (χ1n) is 8.29. The minimum absolute atomic E-state index is 0.0525. The number of nitrogens with one attached hydrogen (secondary N) is 1. The molecule has 0 spiro atoms. The third-order valence-electron chi connectivity index (χ3n) is 3.83. The maximum atomic E-state index is 12.7. The van der Waals surface area contributed by atoms with Crippen molar-refractivity contribution >= 4 is 17.7 Å². The van der Waals surface area contributed by atoms with Gasteiger partial charge in [0, 0.05) is 19.5 Å². The summed E-state index contributed by atoms with van der Waals surface area (Å²) in [5.74, 6) is -0.349. The number of alkyl halides is 3. The number of urea groups is 1. The lowest BCUT2D eigenvalue weighted by atomic mass is 10.1. The van der Waals surface area contributed by atoms with Crippen LogP contribution in [0.4, 0.5) is 29.7 Å². The quantitative estimate of drug-likeness (QED) is 0.653. The van der Waals surface area contributed by atoms with E-state index in [9.17, 15) is 18.0 Å². The Morgan fingerprint density at radius 1 is 1.29 bits per heavy atom. The second kappa shape index (κ2) is 8.07. The summed E-state index contributed by atoms with van der Waals surface area (Å²) in [5.41, 5.74) is 0.183. The van der Waals surface area contributed by atoms with E-state index in [1.807, 2.05) is 37.3 Å². The van der Waals surface area contributed by atoms with Gasteiger partial charge >= 0.3 is 6.18 Å². The second-order valence-electron chi connectivity index (χ2n) is 6.03. The fourth-order valence-electron chi connectivity index (χ4n) is 2.47. The third kappa shape index (κ3) is 5.06. The van der Waals surface area contributed by atoms with Crippen LogP contribution in [-0.4, -0.2) is 16.3 Å². The number of aromatic nitrogens is 3.